The third-order valence-electron chi connectivity index (χ3n) is 3.29. The van der Waals surface area contributed by atoms with Crippen LogP contribution in [-0.4, -0.2) is 6.61 Å². The first-order chi connectivity index (χ1) is 10.8. The highest BCUT2D eigenvalue weighted by Gasteiger charge is 2.12. The Balaban J connectivity index is 1.89. The van der Waals surface area contributed by atoms with Crippen LogP contribution in [0.25, 0.3) is 6.08 Å². The lowest BCUT2D eigenvalue weighted by molar-refractivity contribution is 0.0571. The fraction of sp³-hybridized carbons (Fsp3) is 0.167. The molecule has 2 aromatic rings. The van der Waals surface area contributed by atoms with Gasteiger partial charge in [0, 0.05) is 5.22 Å². The molecule has 4 nitrogen and oxygen atoms in total. The van der Waals surface area contributed by atoms with Crippen molar-refractivity contribution in [2.75, 3.05) is 6.61 Å². The Hall–Kier alpha value is -2.75. The molecule has 0 aliphatic carbocycles. The van der Waals surface area contributed by atoms with E-state index in [1.54, 1.807) is 13.0 Å². The van der Waals surface area contributed by atoms with E-state index in [1.807, 2.05) is 48.5 Å². The zero-order valence-electron chi connectivity index (χ0n) is 12.3. The molecule has 111 valence electrons. The van der Waals surface area contributed by atoms with Crippen LogP contribution in [0.1, 0.15) is 12.5 Å². The zero-order valence-corrected chi connectivity index (χ0v) is 12.3. The fourth-order valence-corrected chi connectivity index (χ4v) is 2.24. The molecule has 1 radical (unpaired) electrons. The van der Waals surface area contributed by atoms with Crippen LogP contribution in [0.4, 0.5) is 0 Å². The molecule has 3 rings (SSSR count). The summed E-state index contributed by atoms with van der Waals surface area (Å²) in [5, 5.41) is 13.3. The van der Waals surface area contributed by atoms with Gasteiger partial charge in [0.2, 0.25) is 0 Å². The molecule has 0 spiro atoms. The van der Waals surface area contributed by atoms with Crippen LogP contribution in [0.3, 0.4) is 0 Å². The number of allylic oxidation sites excluding steroid dienone is 1. The molecule has 0 aromatic heterocycles. The maximum absolute atomic E-state index is 11.8. The van der Waals surface area contributed by atoms with Gasteiger partial charge in [-0.15, -0.1) is 0 Å². The first-order valence-corrected chi connectivity index (χ1v) is 7.18. The molecule has 0 atom stereocenters. The number of ether oxygens (including phenoxy) is 2. The third kappa shape index (κ3) is 2.96. The van der Waals surface area contributed by atoms with Crippen molar-refractivity contribution in [3.05, 3.63) is 76.3 Å². The van der Waals surface area contributed by atoms with Gasteiger partial charge < -0.3 is 9.47 Å². The van der Waals surface area contributed by atoms with Gasteiger partial charge in [0.05, 0.1) is 12.0 Å². The van der Waals surface area contributed by atoms with Gasteiger partial charge in [0.15, 0.2) is 0 Å². The molecule has 22 heavy (non-hydrogen) atoms. The number of hydrogen-bond donors (Lipinski definition) is 0. The van der Waals surface area contributed by atoms with Gasteiger partial charge in [-0.2, -0.15) is 0 Å². The molecule has 1 heterocycles. The number of nitrogens with zero attached hydrogens (tertiary/aromatic N) is 1. The Morgan fingerprint density at radius 2 is 1.91 bits per heavy atom. The molecule has 0 amide bonds. The van der Waals surface area contributed by atoms with Gasteiger partial charge in [-0.25, -0.2) is 10.1 Å². The van der Waals surface area contributed by atoms with E-state index in [2.05, 4.69) is 4.99 Å². The molecular formula is C18H16NO3. The smallest absolute Gasteiger partial charge is 0.356 e. The maximum atomic E-state index is 11.8. The van der Waals surface area contributed by atoms with E-state index in [0.717, 1.165) is 16.1 Å². The normalized spacial score (nSPS) is 14.6. The van der Waals surface area contributed by atoms with Crippen molar-refractivity contribution in [1.29, 1.82) is 0 Å². The van der Waals surface area contributed by atoms with Gasteiger partial charge in [-0.3, -0.25) is 0 Å². The van der Waals surface area contributed by atoms with E-state index in [9.17, 15) is 5.11 Å². The first-order valence-electron chi connectivity index (χ1n) is 7.18. The second-order valence-corrected chi connectivity index (χ2v) is 4.83. The quantitative estimate of drug-likeness (QED) is 0.795. The highest BCUT2D eigenvalue weighted by Crippen LogP contribution is 2.13. The molecular weight excluding hydrogens is 278 g/mol. The maximum Gasteiger partial charge on any atom is 0.356 e. The SMILES string of the molecule is CCOC([O])=C1C=c2c(OCc3ccccc3)cccc2=N1. The fourth-order valence-electron chi connectivity index (χ4n) is 2.24. The average Bonchev–Trinajstić information content (AvgIpc) is 2.99. The standard InChI is InChI=1S/C18H16NO3/c1-2-21-18(20)16-11-14-15(19-16)9-6-10-17(14)22-12-13-7-4-3-5-8-13/h3-11H,2,12H2,1H3. The summed E-state index contributed by atoms with van der Waals surface area (Å²) in [6, 6.07) is 15.5. The molecule has 4 heteroatoms. The molecule has 0 fully saturated rings. The zero-order chi connectivity index (χ0) is 15.4. The number of fused-ring (bicyclic) bond motifs is 1. The third-order valence-corrected chi connectivity index (χ3v) is 3.29. The Morgan fingerprint density at radius 1 is 1.09 bits per heavy atom. The predicted octanol–water partition coefficient (Wildman–Crippen LogP) is 2.32. The van der Waals surface area contributed by atoms with Crippen LogP contribution >= 0.6 is 0 Å². The summed E-state index contributed by atoms with van der Waals surface area (Å²) in [6.07, 6.45) is 1.72. The second kappa shape index (κ2) is 6.35. The Kier molecular flexibility index (Phi) is 4.10. The molecule has 0 saturated heterocycles. The lowest BCUT2D eigenvalue weighted by Crippen LogP contribution is -2.23. The van der Waals surface area contributed by atoms with Crippen molar-refractivity contribution in [1.82, 2.24) is 0 Å². The number of hydrogen-bond acceptors (Lipinski definition) is 3. The van der Waals surface area contributed by atoms with Crippen LogP contribution < -0.4 is 15.3 Å². The molecule has 2 aromatic carbocycles. The van der Waals surface area contributed by atoms with Crippen molar-refractivity contribution in [2.45, 2.75) is 13.5 Å². The van der Waals surface area contributed by atoms with Crippen molar-refractivity contribution in [3.8, 4) is 5.75 Å². The summed E-state index contributed by atoms with van der Waals surface area (Å²) < 4.78 is 10.9. The van der Waals surface area contributed by atoms with Gasteiger partial charge in [0.25, 0.3) is 0 Å². The highest BCUT2D eigenvalue weighted by atomic mass is 16.6. The minimum Gasteiger partial charge on any atom is -0.488 e. The van der Waals surface area contributed by atoms with Gasteiger partial charge in [-0.05, 0) is 30.7 Å². The van der Waals surface area contributed by atoms with Crippen molar-refractivity contribution < 1.29 is 14.6 Å². The largest absolute Gasteiger partial charge is 0.488 e. The Morgan fingerprint density at radius 3 is 2.68 bits per heavy atom. The Labute approximate surface area is 128 Å². The summed E-state index contributed by atoms with van der Waals surface area (Å²) in [5.41, 5.74) is 1.40. The molecule has 1 aliphatic heterocycles. The van der Waals surface area contributed by atoms with E-state index >= 15 is 0 Å². The van der Waals surface area contributed by atoms with Gasteiger partial charge >= 0.3 is 5.95 Å². The van der Waals surface area contributed by atoms with Crippen LogP contribution in [0.5, 0.6) is 5.75 Å². The molecule has 0 bridgehead atoms. The van der Waals surface area contributed by atoms with Gasteiger partial charge in [-0.1, -0.05) is 36.4 Å². The van der Waals surface area contributed by atoms with Gasteiger partial charge in [0.1, 0.15) is 18.1 Å². The molecule has 0 N–H and O–H groups in total. The highest BCUT2D eigenvalue weighted by molar-refractivity contribution is 5.53. The van der Waals surface area contributed by atoms with E-state index in [-0.39, 0.29) is 0 Å². The topological polar surface area (TPSA) is 50.7 Å². The van der Waals surface area contributed by atoms with Crippen LogP contribution in [0.15, 0.2) is 65.2 Å². The van der Waals surface area contributed by atoms with E-state index in [4.69, 9.17) is 9.47 Å². The summed E-state index contributed by atoms with van der Waals surface area (Å²) in [6.45, 7) is 2.58. The second-order valence-electron chi connectivity index (χ2n) is 4.83. The van der Waals surface area contributed by atoms with E-state index in [0.29, 0.717) is 24.7 Å². The van der Waals surface area contributed by atoms with Crippen molar-refractivity contribution >= 4 is 6.08 Å². The predicted molar refractivity (Wildman–Crippen MR) is 81.8 cm³/mol. The van der Waals surface area contributed by atoms with Crippen LogP contribution in [0, 0.1) is 0 Å². The molecule has 0 saturated carbocycles. The lowest BCUT2D eigenvalue weighted by Gasteiger charge is -2.06. The summed E-state index contributed by atoms with van der Waals surface area (Å²) in [7, 11) is 0. The lowest BCUT2D eigenvalue weighted by atomic mass is 10.2. The number of rotatable bonds is 5. The summed E-state index contributed by atoms with van der Waals surface area (Å²) in [5.74, 6) is 0.303. The first kappa shape index (κ1) is 14.2. The van der Waals surface area contributed by atoms with Crippen LogP contribution in [0.2, 0.25) is 0 Å². The molecule has 0 unspecified atom stereocenters. The average molecular weight is 294 g/mol. The molecule has 1 aliphatic rings. The summed E-state index contributed by atoms with van der Waals surface area (Å²) >= 11 is 0. The minimum absolute atomic E-state index is 0.313. The van der Waals surface area contributed by atoms with Crippen molar-refractivity contribution in [3.63, 3.8) is 0 Å². The minimum atomic E-state index is -0.410. The Bertz CT molecular complexity index is 810. The van der Waals surface area contributed by atoms with E-state index in [1.165, 1.54) is 0 Å². The van der Waals surface area contributed by atoms with Crippen LogP contribution in [-0.2, 0) is 16.5 Å². The van der Waals surface area contributed by atoms with E-state index < -0.39 is 5.95 Å². The van der Waals surface area contributed by atoms with Crippen molar-refractivity contribution in [2.24, 2.45) is 4.99 Å². The monoisotopic (exact) mass is 294 g/mol. The number of benzene rings is 2. The summed E-state index contributed by atoms with van der Waals surface area (Å²) in [4.78, 5) is 4.29.